The molecule has 7 heteroatoms. The Labute approximate surface area is 150 Å². The standard InChI is InChI=1S/C17H19Cl2N3O2/c1-10-4-3-5-11(2)22(10)15(23)8-21-9-20-16-13(17(21)24)6-12(18)7-14(16)19/h6-7,9-11H,3-5,8H2,1-2H3/t10-,11-/m0/s1. The van der Waals surface area contributed by atoms with Crippen LogP contribution in [0.2, 0.25) is 10.0 Å². The molecule has 0 unspecified atom stereocenters. The number of halogens is 2. The van der Waals surface area contributed by atoms with Crippen molar-refractivity contribution in [3.63, 3.8) is 0 Å². The quantitative estimate of drug-likeness (QED) is 0.815. The number of hydrogen-bond acceptors (Lipinski definition) is 3. The van der Waals surface area contributed by atoms with Crippen molar-refractivity contribution in [3.05, 3.63) is 38.9 Å². The van der Waals surface area contributed by atoms with E-state index in [2.05, 4.69) is 18.8 Å². The summed E-state index contributed by atoms with van der Waals surface area (Å²) in [6.07, 6.45) is 4.49. The normalized spacial score (nSPS) is 21.2. The molecule has 1 amide bonds. The first-order chi connectivity index (χ1) is 11.4. The second-order valence-corrected chi connectivity index (χ2v) is 7.23. The molecule has 0 bridgehead atoms. The third-order valence-electron chi connectivity index (χ3n) is 4.63. The summed E-state index contributed by atoms with van der Waals surface area (Å²) in [6.45, 7) is 4.07. The Morgan fingerprint density at radius 3 is 2.58 bits per heavy atom. The molecule has 1 aliphatic heterocycles. The van der Waals surface area contributed by atoms with E-state index in [-0.39, 0.29) is 30.1 Å². The molecular formula is C17H19Cl2N3O2. The average molecular weight is 368 g/mol. The monoisotopic (exact) mass is 367 g/mol. The van der Waals surface area contributed by atoms with Crippen LogP contribution < -0.4 is 5.56 Å². The molecule has 128 valence electrons. The molecule has 3 rings (SSSR count). The summed E-state index contributed by atoms with van der Waals surface area (Å²) in [4.78, 5) is 31.4. The van der Waals surface area contributed by atoms with Crippen LogP contribution >= 0.6 is 23.2 Å². The summed E-state index contributed by atoms with van der Waals surface area (Å²) in [7, 11) is 0. The predicted octanol–water partition coefficient (Wildman–Crippen LogP) is 3.49. The number of aromatic nitrogens is 2. The molecule has 24 heavy (non-hydrogen) atoms. The lowest BCUT2D eigenvalue weighted by Gasteiger charge is -2.39. The van der Waals surface area contributed by atoms with Crippen LogP contribution in [0.15, 0.2) is 23.3 Å². The van der Waals surface area contributed by atoms with E-state index < -0.39 is 0 Å². The summed E-state index contributed by atoms with van der Waals surface area (Å²) >= 11 is 12.1. The van der Waals surface area contributed by atoms with E-state index in [0.717, 1.165) is 19.3 Å². The molecule has 1 aromatic heterocycles. The smallest absolute Gasteiger partial charge is 0.261 e. The number of nitrogens with zero attached hydrogens (tertiary/aromatic N) is 3. The Bertz CT molecular complexity index is 840. The summed E-state index contributed by atoms with van der Waals surface area (Å²) in [5, 5.41) is 1.02. The number of rotatable bonds is 2. The number of carbonyl (C=O) groups is 1. The first-order valence-corrected chi connectivity index (χ1v) is 8.79. The fourth-order valence-electron chi connectivity index (χ4n) is 3.45. The summed E-state index contributed by atoms with van der Waals surface area (Å²) in [5.41, 5.74) is 0.0875. The van der Waals surface area contributed by atoms with Crippen molar-refractivity contribution >= 4 is 40.0 Å². The van der Waals surface area contributed by atoms with Crippen LogP contribution in [-0.4, -0.2) is 32.4 Å². The lowest BCUT2D eigenvalue weighted by molar-refractivity contribution is -0.138. The van der Waals surface area contributed by atoms with Gasteiger partial charge >= 0.3 is 0 Å². The molecule has 0 spiro atoms. The molecule has 1 aromatic carbocycles. The van der Waals surface area contributed by atoms with Crippen LogP contribution in [0.25, 0.3) is 10.9 Å². The van der Waals surface area contributed by atoms with Gasteiger partial charge in [-0.15, -0.1) is 0 Å². The first-order valence-electron chi connectivity index (χ1n) is 8.04. The topological polar surface area (TPSA) is 55.2 Å². The number of amides is 1. The Morgan fingerprint density at radius 2 is 1.92 bits per heavy atom. The largest absolute Gasteiger partial charge is 0.336 e. The lowest BCUT2D eigenvalue weighted by atomic mass is 9.97. The Morgan fingerprint density at radius 1 is 1.25 bits per heavy atom. The van der Waals surface area contributed by atoms with E-state index in [9.17, 15) is 9.59 Å². The molecule has 0 aliphatic carbocycles. The Kier molecular flexibility index (Phi) is 4.83. The summed E-state index contributed by atoms with van der Waals surface area (Å²) in [6, 6.07) is 3.46. The molecule has 0 N–H and O–H groups in total. The summed E-state index contributed by atoms with van der Waals surface area (Å²) in [5.74, 6) is -0.0638. The molecule has 5 nitrogen and oxygen atoms in total. The molecule has 0 radical (unpaired) electrons. The van der Waals surface area contributed by atoms with E-state index in [4.69, 9.17) is 23.2 Å². The van der Waals surface area contributed by atoms with Crippen molar-refractivity contribution in [1.82, 2.24) is 14.5 Å². The van der Waals surface area contributed by atoms with Gasteiger partial charge in [-0.2, -0.15) is 0 Å². The van der Waals surface area contributed by atoms with Crippen LogP contribution in [0.5, 0.6) is 0 Å². The van der Waals surface area contributed by atoms with Gasteiger partial charge in [-0.1, -0.05) is 23.2 Å². The summed E-state index contributed by atoms with van der Waals surface area (Å²) < 4.78 is 1.32. The van der Waals surface area contributed by atoms with Crippen molar-refractivity contribution in [1.29, 1.82) is 0 Å². The van der Waals surface area contributed by atoms with Crippen LogP contribution in [0, 0.1) is 0 Å². The fourth-order valence-corrected chi connectivity index (χ4v) is 3.99. The highest BCUT2D eigenvalue weighted by Gasteiger charge is 2.29. The van der Waals surface area contributed by atoms with Gasteiger partial charge in [0.25, 0.3) is 5.56 Å². The van der Waals surface area contributed by atoms with Gasteiger partial charge in [0.1, 0.15) is 6.54 Å². The third kappa shape index (κ3) is 3.15. The van der Waals surface area contributed by atoms with Crippen molar-refractivity contribution in [2.45, 2.75) is 51.7 Å². The second kappa shape index (κ2) is 6.73. The number of carbonyl (C=O) groups excluding carboxylic acids is 1. The highest BCUT2D eigenvalue weighted by molar-refractivity contribution is 6.38. The SMILES string of the molecule is C[C@H]1CCC[C@H](C)N1C(=O)Cn1cnc2c(Cl)cc(Cl)cc2c1=O. The molecule has 2 aromatic rings. The maximum Gasteiger partial charge on any atom is 0.261 e. The number of hydrogen-bond donors (Lipinski definition) is 0. The van der Waals surface area contributed by atoms with E-state index >= 15 is 0 Å². The van der Waals surface area contributed by atoms with E-state index in [1.54, 1.807) is 6.07 Å². The van der Waals surface area contributed by atoms with Gasteiger partial charge in [-0.05, 0) is 45.2 Å². The van der Waals surface area contributed by atoms with Crippen LogP contribution in [0.4, 0.5) is 0 Å². The fraction of sp³-hybridized carbons (Fsp3) is 0.471. The van der Waals surface area contributed by atoms with Crippen molar-refractivity contribution in [2.24, 2.45) is 0 Å². The van der Waals surface area contributed by atoms with Crippen LogP contribution in [-0.2, 0) is 11.3 Å². The molecule has 0 saturated carbocycles. The minimum atomic E-state index is -0.310. The number of piperidine rings is 1. The second-order valence-electron chi connectivity index (χ2n) is 6.39. The minimum absolute atomic E-state index is 0.0272. The number of fused-ring (bicyclic) bond motifs is 1. The van der Waals surface area contributed by atoms with Gasteiger partial charge in [0, 0.05) is 17.1 Å². The Hall–Kier alpha value is -1.59. The molecule has 1 fully saturated rings. The van der Waals surface area contributed by atoms with Gasteiger partial charge < -0.3 is 4.90 Å². The number of likely N-dealkylation sites (tertiary alicyclic amines) is 1. The predicted molar refractivity (Wildman–Crippen MR) is 95.6 cm³/mol. The van der Waals surface area contributed by atoms with Crippen LogP contribution in [0.1, 0.15) is 33.1 Å². The highest BCUT2D eigenvalue weighted by Crippen LogP contribution is 2.25. The van der Waals surface area contributed by atoms with Gasteiger partial charge in [-0.25, -0.2) is 4.98 Å². The number of benzene rings is 1. The zero-order chi connectivity index (χ0) is 17.4. The average Bonchev–Trinajstić information content (AvgIpc) is 2.50. The first kappa shape index (κ1) is 17.2. The molecule has 1 aliphatic rings. The third-order valence-corrected chi connectivity index (χ3v) is 5.14. The van der Waals surface area contributed by atoms with Crippen LogP contribution in [0.3, 0.4) is 0 Å². The Balaban J connectivity index is 1.94. The van der Waals surface area contributed by atoms with Gasteiger partial charge in [-0.3, -0.25) is 14.2 Å². The van der Waals surface area contributed by atoms with E-state index in [1.165, 1.54) is 17.0 Å². The highest BCUT2D eigenvalue weighted by atomic mass is 35.5. The lowest BCUT2D eigenvalue weighted by Crippen LogP contribution is -2.49. The zero-order valence-electron chi connectivity index (χ0n) is 13.6. The zero-order valence-corrected chi connectivity index (χ0v) is 15.1. The van der Waals surface area contributed by atoms with Crippen molar-refractivity contribution in [3.8, 4) is 0 Å². The maximum atomic E-state index is 12.7. The minimum Gasteiger partial charge on any atom is -0.336 e. The van der Waals surface area contributed by atoms with E-state index in [1.807, 2.05) is 4.90 Å². The molecular weight excluding hydrogens is 349 g/mol. The molecule has 2 atom stereocenters. The van der Waals surface area contributed by atoms with Gasteiger partial charge in [0.05, 0.1) is 22.3 Å². The van der Waals surface area contributed by atoms with Gasteiger partial charge in [0.2, 0.25) is 5.91 Å². The molecule has 2 heterocycles. The van der Waals surface area contributed by atoms with Gasteiger partial charge in [0.15, 0.2) is 0 Å². The molecule has 1 saturated heterocycles. The van der Waals surface area contributed by atoms with E-state index in [0.29, 0.717) is 20.9 Å². The van der Waals surface area contributed by atoms with Crippen molar-refractivity contribution < 1.29 is 4.79 Å². The van der Waals surface area contributed by atoms with Crippen molar-refractivity contribution in [2.75, 3.05) is 0 Å². The maximum absolute atomic E-state index is 12.7.